The Morgan fingerprint density at radius 3 is 2.28 bits per heavy atom. The molecule has 0 radical (unpaired) electrons. The molecule has 0 fully saturated rings. The Labute approximate surface area is 173 Å². The van der Waals surface area contributed by atoms with Crippen LogP contribution in [0.3, 0.4) is 0 Å². The Morgan fingerprint density at radius 2 is 1.79 bits per heavy atom. The van der Waals surface area contributed by atoms with E-state index in [0.717, 1.165) is 5.56 Å². The van der Waals surface area contributed by atoms with Gasteiger partial charge in [0.1, 0.15) is 0 Å². The van der Waals surface area contributed by atoms with Crippen molar-refractivity contribution in [3.63, 3.8) is 0 Å². The third-order valence-electron chi connectivity index (χ3n) is 3.31. The number of guanidine groups is 1. The number of hydrogen-bond acceptors (Lipinski definition) is 7. The van der Waals surface area contributed by atoms with Gasteiger partial charge in [-0.1, -0.05) is 29.3 Å². The lowest BCUT2D eigenvalue weighted by Gasteiger charge is -2.10. The van der Waals surface area contributed by atoms with Crippen LogP contribution >= 0.6 is 11.6 Å². The summed E-state index contributed by atoms with van der Waals surface area (Å²) in [5, 5.41) is 15.8. The molecule has 12 heteroatoms. The highest BCUT2D eigenvalue weighted by Crippen LogP contribution is 2.36. The van der Waals surface area contributed by atoms with E-state index in [-0.39, 0.29) is 10.9 Å². The second-order valence-electron chi connectivity index (χ2n) is 5.33. The molecule has 0 aliphatic heterocycles. The summed E-state index contributed by atoms with van der Waals surface area (Å²) in [6.45, 7) is 1.84. The molecule has 0 heterocycles. The van der Waals surface area contributed by atoms with Gasteiger partial charge in [0.25, 0.3) is 10.1 Å². The molecule has 29 heavy (non-hydrogen) atoms. The summed E-state index contributed by atoms with van der Waals surface area (Å²) in [5.74, 6) is 0.683. The summed E-state index contributed by atoms with van der Waals surface area (Å²) in [6, 6.07) is 9.36. The summed E-state index contributed by atoms with van der Waals surface area (Å²) < 4.78 is 39.8. The molecule has 0 aromatic heterocycles. The van der Waals surface area contributed by atoms with Gasteiger partial charge in [-0.2, -0.15) is 13.5 Å². The van der Waals surface area contributed by atoms with E-state index in [1.165, 1.54) is 32.6 Å². The normalized spacial score (nSPS) is 11.6. The van der Waals surface area contributed by atoms with E-state index in [0.29, 0.717) is 22.1 Å². The number of benzene rings is 2. The Kier molecular flexibility index (Phi) is 9.35. The molecule has 5 N–H and O–H groups in total. The van der Waals surface area contributed by atoms with E-state index in [1.54, 1.807) is 29.7 Å². The summed E-state index contributed by atoms with van der Waals surface area (Å²) in [4.78, 5) is -0.0666. The van der Waals surface area contributed by atoms with Crippen molar-refractivity contribution < 1.29 is 27.7 Å². The highest BCUT2D eigenvalue weighted by molar-refractivity contribution is 7.85. The molecule has 0 saturated heterocycles. The highest BCUT2D eigenvalue weighted by atomic mass is 35.5. The smallest absolute Gasteiger partial charge is 0.294 e. The second-order valence-corrected chi connectivity index (χ2v) is 7.13. The maximum Gasteiger partial charge on any atom is 0.294 e. The Bertz CT molecular complexity index is 978. The average molecular weight is 445 g/mol. The van der Waals surface area contributed by atoms with Crippen molar-refractivity contribution in [2.24, 2.45) is 15.9 Å². The Morgan fingerprint density at radius 1 is 1.17 bits per heavy atom. The third kappa shape index (κ3) is 7.58. The van der Waals surface area contributed by atoms with Crippen molar-refractivity contribution in [3.8, 4) is 11.5 Å². The van der Waals surface area contributed by atoms with E-state index < -0.39 is 10.1 Å². The van der Waals surface area contributed by atoms with Crippen LogP contribution in [0.4, 0.5) is 0 Å². The van der Waals surface area contributed by atoms with Gasteiger partial charge in [0.2, 0.25) is 5.96 Å². The van der Waals surface area contributed by atoms with Crippen LogP contribution in [0.15, 0.2) is 51.5 Å². The molecule has 10 nitrogen and oxygen atoms in total. The van der Waals surface area contributed by atoms with Gasteiger partial charge >= 0.3 is 0 Å². The largest absolute Gasteiger partial charge is 0.493 e. The first-order chi connectivity index (χ1) is 13.6. The molecular weight excluding hydrogens is 424 g/mol. The zero-order valence-corrected chi connectivity index (χ0v) is 17.4. The van der Waals surface area contributed by atoms with Crippen molar-refractivity contribution in [1.29, 1.82) is 0 Å². The van der Waals surface area contributed by atoms with E-state index in [1.807, 2.05) is 6.92 Å². The number of nitrogens with one attached hydrogen (secondary N) is 1. The van der Waals surface area contributed by atoms with E-state index in [9.17, 15) is 8.42 Å². The SMILES string of the molecule is COc1ccc(C=NN=C(N)NO)c(Cl)c1OC.Cc1ccc(S(=O)(=O)O)cc1. The number of hydrogen-bond donors (Lipinski definition) is 4. The lowest BCUT2D eigenvalue weighted by Crippen LogP contribution is -2.27. The van der Waals surface area contributed by atoms with E-state index in [4.69, 9.17) is 36.6 Å². The van der Waals surface area contributed by atoms with Crippen molar-refractivity contribution in [2.75, 3.05) is 14.2 Å². The fraction of sp³-hybridized carbons (Fsp3) is 0.176. The van der Waals surface area contributed by atoms with Crippen molar-refractivity contribution >= 4 is 33.9 Å². The maximum absolute atomic E-state index is 10.5. The first-order valence-corrected chi connectivity index (χ1v) is 9.67. The molecule has 0 aliphatic carbocycles. The molecule has 158 valence electrons. The lowest BCUT2D eigenvalue weighted by atomic mass is 10.2. The van der Waals surface area contributed by atoms with Crippen molar-refractivity contribution in [1.82, 2.24) is 5.48 Å². The van der Waals surface area contributed by atoms with Gasteiger partial charge in [-0.25, -0.2) is 5.48 Å². The zero-order valence-electron chi connectivity index (χ0n) is 15.8. The number of ether oxygens (including phenoxy) is 2. The van der Waals surface area contributed by atoms with Gasteiger partial charge in [0.05, 0.1) is 30.4 Å². The number of rotatable bonds is 5. The molecule has 0 unspecified atom stereocenters. The highest BCUT2D eigenvalue weighted by Gasteiger charge is 2.11. The predicted octanol–water partition coefficient (Wildman–Crippen LogP) is 2.23. The molecule has 0 atom stereocenters. The minimum atomic E-state index is -4.02. The average Bonchev–Trinajstić information content (AvgIpc) is 2.68. The molecular formula is C17H21ClN4O6S. The molecule has 0 saturated carbocycles. The molecule has 0 amide bonds. The number of hydroxylamine groups is 1. The summed E-state index contributed by atoms with van der Waals surface area (Å²) in [5.41, 5.74) is 8.35. The molecule has 2 aromatic rings. The first kappa shape index (κ1) is 24.2. The lowest BCUT2D eigenvalue weighted by molar-refractivity contribution is 0.232. The minimum Gasteiger partial charge on any atom is -0.493 e. The van der Waals surface area contributed by atoms with Crippen molar-refractivity contribution in [2.45, 2.75) is 11.8 Å². The third-order valence-corrected chi connectivity index (χ3v) is 4.57. The zero-order chi connectivity index (χ0) is 22.0. The van der Waals surface area contributed by atoms with Crippen LogP contribution in [0, 0.1) is 6.92 Å². The summed E-state index contributed by atoms with van der Waals surface area (Å²) in [6.07, 6.45) is 1.37. The maximum atomic E-state index is 10.5. The number of halogens is 1. The molecule has 2 rings (SSSR count). The number of nitrogens with two attached hydrogens (primary N) is 1. The van der Waals surface area contributed by atoms with Gasteiger partial charge in [-0.15, -0.1) is 5.10 Å². The van der Waals surface area contributed by atoms with Crippen molar-refractivity contribution in [3.05, 3.63) is 52.5 Å². The minimum absolute atomic E-state index is 0.0666. The molecule has 2 aromatic carbocycles. The number of nitrogens with zero attached hydrogens (tertiary/aromatic N) is 2. The standard InChI is InChI=1S/C10H13ClN4O3.C7H8O3S/c1-17-7-4-3-6(8(11)9(7)18-2)5-13-14-10(12)15-16;1-6-2-4-7(5-3-6)11(8,9)10/h3-5,16H,1-2H3,(H3,12,14,15);2-5H,1H3,(H,8,9,10). The van der Waals surface area contributed by atoms with Crippen LogP contribution in [-0.4, -0.2) is 44.6 Å². The van der Waals surface area contributed by atoms with Gasteiger partial charge in [0, 0.05) is 5.56 Å². The quantitative estimate of drug-likeness (QED) is 0.236. The Balaban J connectivity index is 0.000000326. The fourth-order valence-electron chi connectivity index (χ4n) is 1.89. The molecule has 0 aliphatic rings. The van der Waals surface area contributed by atoms with Gasteiger partial charge in [-0.3, -0.25) is 9.76 Å². The van der Waals surface area contributed by atoms with Gasteiger partial charge in [-0.05, 0) is 31.2 Å². The Hall–Kier alpha value is -2.86. The van der Waals surface area contributed by atoms with Crippen LogP contribution in [0.5, 0.6) is 11.5 Å². The summed E-state index contributed by atoms with van der Waals surface area (Å²) in [7, 11) is -1.02. The van der Waals surface area contributed by atoms with Gasteiger partial charge in [0.15, 0.2) is 11.5 Å². The van der Waals surface area contributed by atoms with E-state index in [2.05, 4.69) is 10.2 Å². The fourth-order valence-corrected chi connectivity index (χ4v) is 2.65. The van der Waals surface area contributed by atoms with Crippen LogP contribution in [0.2, 0.25) is 5.02 Å². The second kappa shape index (κ2) is 11.2. The van der Waals surface area contributed by atoms with E-state index >= 15 is 0 Å². The predicted molar refractivity (Wildman–Crippen MR) is 110 cm³/mol. The number of aryl methyl sites for hydroxylation is 1. The molecule has 0 spiro atoms. The van der Waals surface area contributed by atoms with Crippen LogP contribution in [0.25, 0.3) is 0 Å². The topological polar surface area (TPSA) is 156 Å². The van der Waals surface area contributed by atoms with Crippen LogP contribution in [-0.2, 0) is 10.1 Å². The van der Waals surface area contributed by atoms with Gasteiger partial charge < -0.3 is 15.2 Å². The van der Waals surface area contributed by atoms with Crippen LogP contribution in [0.1, 0.15) is 11.1 Å². The van der Waals surface area contributed by atoms with Crippen LogP contribution < -0.4 is 20.7 Å². The molecule has 0 bridgehead atoms. The number of methoxy groups -OCH3 is 2. The monoisotopic (exact) mass is 444 g/mol. The first-order valence-electron chi connectivity index (χ1n) is 7.85. The summed E-state index contributed by atoms with van der Waals surface area (Å²) >= 11 is 6.10.